The fraction of sp³-hybridized carbons (Fsp3) is 0.462. The molecular weight excluding hydrogens is 289 g/mol. The third kappa shape index (κ3) is 5.09. The van der Waals surface area contributed by atoms with Crippen LogP contribution in [0.2, 0.25) is 10.0 Å². The minimum atomic E-state index is -0.0980. The number of nitrogens with one attached hydrogen (secondary N) is 1. The number of hydrogen-bond donors (Lipinski definition) is 1. The standard InChI is InChI=1S/C13H17Cl2NOS/c1-8(2)7-18-9(3)13(17)16-12-5-4-10(14)6-11(12)15/h4-6,8-9H,7H2,1-3H3,(H,16,17). The van der Waals surface area contributed by atoms with Gasteiger partial charge in [0.1, 0.15) is 0 Å². The summed E-state index contributed by atoms with van der Waals surface area (Å²) >= 11 is 13.4. The molecule has 0 radical (unpaired) electrons. The predicted octanol–water partition coefficient (Wildman–Crippen LogP) is 4.71. The maximum absolute atomic E-state index is 11.9. The molecule has 0 heterocycles. The van der Waals surface area contributed by atoms with Crippen LogP contribution in [0.3, 0.4) is 0 Å². The summed E-state index contributed by atoms with van der Waals surface area (Å²) in [6.45, 7) is 6.16. The van der Waals surface area contributed by atoms with E-state index in [1.807, 2.05) is 6.92 Å². The van der Waals surface area contributed by atoms with Crippen LogP contribution in [0, 0.1) is 5.92 Å². The zero-order valence-electron chi connectivity index (χ0n) is 10.7. The Morgan fingerprint density at radius 3 is 2.56 bits per heavy atom. The van der Waals surface area contributed by atoms with Crippen molar-refractivity contribution < 1.29 is 4.79 Å². The van der Waals surface area contributed by atoms with Gasteiger partial charge in [-0.3, -0.25) is 4.79 Å². The fourth-order valence-corrected chi connectivity index (χ4v) is 2.58. The van der Waals surface area contributed by atoms with Gasteiger partial charge >= 0.3 is 0 Å². The van der Waals surface area contributed by atoms with Gasteiger partial charge in [0.2, 0.25) is 5.91 Å². The number of halogens is 2. The lowest BCUT2D eigenvalue weighted by atomic mass is 10.3. The first kappa shape index (κ1) is 15.7. The van der Waals surface area contributed by atoms with E-state index in [2.05, 4.69) is 19.2 Å². The van der Waals surface area contributed by atoms with Crippen molar-refractivity contribution in [3.8, 4) is 0 Å². The van der Waals surface area contributed by atoms with Crippen LogP contribution in [0.4, 0.5) is 5.69 Å². The number of anilines is 1. The third-order valence-electron chi connectivity index (χ3n) is 2.24. The van der Waals surface area contributed by atoms with Crippen LogP contribution < -0.4 is 5.32 Å². The fourth-order valence-electron chi connectivity index (χ4n) is 1.24. The second-order valence-electron chi connectivity index (χ2n) is 4.48. The monoisotopic (exact) mass is 305 g/mol. The average Bonchev–Trinajstić information content (AvgIpc) is 2.29. The van der Waals surface area contributed by atoms with Crippen molar-refractivity contribution in [2.45, 2.75) is 26.0 Å². The molecule has 0 spiro atoms. The Balaban J connectivity index is 2.58. The topological polar surface area (TPSA) is 29.1 Å². The van der Waals surface area contributed by atoms with Gasteiger partial charge in [0, 0.05) is 5.02 Å². The molecule has 1 amide bonds. The van der Waals surface area contributed by atoms with E-state index in [4.69, 9.17) is 23.2 Å². The Hall–Kier alpha value is -0.380. The number of carbonyl (C=O) groups is 1. The Labute approximate surface area is 122 Å². The number of carbonyl (C=O) groups excluding carboxylic acids is 1. The average molecular weight is 306 g/mol. The van der Waals surface area contributed by atoms with Gasteiger partial charge in [-0.25, -0.2) is 0 Å². The van der Waals surface area contributed by atoms with Crippen LogP contribution in [0.5, 0.6) is 0 Å². The van der Waals surface area contributed by atoms with E-state index >= 15 is 0 Å². The summed E-state index contributed by atoms with van der Waals surface area (Å²) in [7, 11) is 0. The molecule has 0 aromatic heterocycles. The van der Waals surface area contributed by atoms with Gasteiger partial charge in [0.15, 0.2) is 0 Å². The van der Waals surface area contributed by atoms with Gasteiger partial charge in [0.05, 0.1) is 16.0 Å². The number of thioether (sulfide) groups is 1. The third-order valence-corrected chi connectivity index (χ3v) is 4.36. The van der Waals surface area contributed by atoms with Crippen molar-refractivity contribution >= 4 is 46.6 Å². The molecule has 1 aromatic rings. The summed E-state index contributed by atoms with van der Waals surface area (Å²) in [5.74, 6) is 1.50. The van der Waals surface area contributed by atoms with Crippen LogP contribution in [0.1, 0.15) is 20.8 Å². The number of amides is 1. The smallest absolute Gasteiger partial charge is 0.237 e. The first-order valence-corrected chi connectivity index (χ1v) is 7.58. The molecule has 2 nitrogen and oxygen atoms in total. The summed E-state index contributed by atoms with van der Waals surface area (Å²) < 4.78 is 0. The molecule has 0 saturated heterocycles. The van der Waals surface area contributed by atoms with Crippen molar-refractivity contribution in [1.82, 2.24) is 0 Å². The zero-order valence-corrected chi connectivity index (χ0v) is 13.0. The van der Waals surface area contributed by atoms with Crippen LogP contribution in [0.25, 0.3) is 0 Å². The summed E-state index contributed by atoms with van der Waals surface area (Å²) in [6, 6.07) is 5.03. The lowest BCUT2D eigenvalue weighted by molar-refractivity contribution is -0.115. The predicted molar refractivity (Wildman–Crippen MR) is 81.8 cm³/mol. The van der Waals surface area contributed by atoms with Crippen molar-refractivity contribution in [2.24, 2.45) is 5.92 Å². The Morgan fingerprint density at radius 1 is 1.33 bits per heavy atom. The number of benzene rings is 1. The van der Waals surface area contributed by atoms with Crippen LogP contribution >= 0.6 is 35.0 Å². The molecule has 100 valence electrons. The summed E-state index contributed by atoms with van der Waals surface area (Å²) in [5, 5.41) is 3.72. The highest BCUT2D eigenvalue weighted by Gasteiger charge is 2.15. The van der Waals surface area contributed by atoms with E-state index in [1.165, 1.54) is 0 Å². The molecular formula is C13H17Cl2NOS. The highest BCUT2D eigenvalue weighted by Crippen LogP contribution is 2.26. The van der Waals surface area contributed by atoms with Gasteiger partial charge in [-0.05, 0) is 36.8 Å². The highest BCUT2D eigenvalue weighted by atomic mass is 35.5. The van der Waals surface area contributed by atoms with E-state index in [0.717, 1.165) is 5.75 Å². The number of hydrogen-bond acceptors (Lipinski definition) is 2. The quantitative estimate of drug-likeness (QED) is 0.853. The molecule has 1 unspecified atom stereocenters. The molecule has 0 fully saturated rings. The van der Waals surface area contributed by atoms with Crippen LogP contribution in [-0.4, -0.2) is 16.9 Å². The molecule has 1 aromatic carbocycles. The lowest BCUT2D eigenvalue weighted by Crippen LogP contribution is -2.23. The maximum Gasteiger partial charge on any atom is 0.237 e. The molecule has 0 aliphatic carbocycles. The lowest BCUT2D eigenvalue weighted by Gasteiger charge is -2.14. The van der Waals surface area contributed by atoms with E-state index in [1.54, 1.807) is 30.0 Å². The molecule has 0 aliphatic heterocycles. The summed E-state index contributed by atoms with van der Waals surface area (Å²) in [6.07, 6.45) is 0. The largest absolute Gasteiger partial charge is 0.324 e. The zero-order chi connectivity index (χ0) is 13.7. The molecule has 0 saturated carbocycles. The molecule has 0 bridgehead atoms. The Bertz CT molecular complexity index is 423. The van der Waals surface area contributed by atoms with Crippen LogP contribution in [-0.2, 0) is 4.79 Å². The van der Waals surface area contributed by atoms with Gasteiger partial charge < -0.3 is 5.32 Å². The minimum Gasteiger partial charge on any atom is -0.324 e. The second kappa shape index (κ2) is 7.27. The summed E-state index contributed by atoms with van der Waals surface area (Å²) in [5.41, 5.74) is 0.600. The molecule has 18 heavy (non-hydrogen) atoms. The number of rotatable bonds is 5. The Morgan fingerprint density at radius 2 is 2.00 bits per heavy atom. The molecule has 1 rings (SSSR count). The van der Waals surface area contributed by atoms with Gasteiger partial charge in [-0.2, -0.15) is 0 Å². The van der Waals surface area contributed by atoms with E-state index in [9.17, 15) is 4.79 Å². The molecule has 1 atom stereocenters. The van der Waals surface area contributed by atoms with Crippen molar-refractivity contribution in [1.29, 1.82) is 0 Å². The molecule has 0 aliphatic rings. The SMILES string of the molecule is CC(C)CSC(C)C(=O)Nc1ccc(Cl)cc1Cl. The van der Waals surface area contributed by atoms with Crippen molar-refractivity contribution in [3.63, 3.8) is 0 Å². The second-order valence-corrected chi connectivity index (χ2v) is 6.70. The normalized spacial score (nSPS) is 12.6. The first-order chi connectivity index (χ1) is 8.40. The van der Waals surface area contributed by atoms with Gasteiger partial charge in [-0.1, -0.05) is 37.0 Å². The Kier molecular flexibility index (Phi) is 6.33. The van der Waals surface area contributed by atoms with Gasteiger partial charge in [-0.15, -0.1) is 11.8 Å². The first-order valence-electron chi connectivity index (χ1n) is 5.77. The minimum absolute atomic E-state index is 0.0372. The van der Waals surface area contributed by atoms with E-state index in [0.29, 0.717) is 21.7 Å². The van der Waals surface area contributed by atoms with Crippen molar-refractivity contribution in [2.75, 3.05) is 11.1 Å². The maximum atomic E-state index is 11.9. The van der Waals surface area contributed by atoms with Crippen LogP contribution in [0.15, 0.2) is 18.2 Å². The van der Waals surface area contributed by atoms with E-state index in [-0.39, 0.29) is 11.2 Å². The van der Waals surface area contributed by atoms with E-state index < -0.39 is 0 Å². The van der Waals surface area contributed by atoms with Crippen molar-refractivity contribution in [3.05, 3.63) is 28.2 Å². The highest BCUT2D eigenvalue weighted by molar-refractivity contribution is 8.00. The molecule has 5 heteroatoms. The van der Waals surface area contributed by atoms with Gasteiger partial charge in [0.25, 0.3) is 0 Å². The summed E-state index contributed by atoms with van der Waals surface area (Å²) in [4.78, 5) is 11.9. The molecule has 1 N–H and O–H groups in total.